The number of carbonyl (C=O) groups is 1. The normalized spacial score (nSPS) is 11.7. The van der Waals surface area contributed by atoms with E-state index < -0.39 is 11.9 Å². The summed E-state index contributed by atoms with van der Waals surface area (Å²) >= 11 is 3.36. The highest BCUT2D eigenvalue weighted by Gasteiger charge is 2.17. The Morgan fingerprint density at radius 1 is 1.25 bits per heavy atom. The number of methoxy groups -OCH3 is 1. The highest BCUT2D eigenvalue weighted by Crippen LogP contribution is 2.24. The maximum atomic E-state index is 11.7. The van der Waals surface area contributed by atoms with E-state index in [1.807, 2.05) is 48.5 Å². The lowest BCUT2D eigenvalue weighted by atomic mass is 10.1. The van der Waals surface area contributed by atoms with E-state index in [9.17, 15) is 4.79 Å². The van der Waals surface area contributed by atoms with Crippen molar-refractivity contribution in [3.05, 3.63) is 58.6 Å². The molecule has 20 heavy (non-hydrogen) atoms. The van der Waals surface area contributed by atoms with Gasteiger partial charge < -0.3 is 15.8 Å². The van der Waals surface area contributed by atoms with Gasteiger partial charge in [0.15, 0.2) is 0 Å². The molecule has 0 aliphatic rings. The zero-order valence-corrected chi connectivity index (χ0v) is 12.6. The summed E-state index contributed by atoms with van der Waals surface area (Å²) in [5, 5.41) is 3.12. The molecule has 0 aromatic heterocycles. The molecule has 3 N–H and O–H groups in total. The van der Waals surface area contributed by atoms with Crippen LogP contribution in [0, 0.1) is 0 Å². The van der Waals surface area contributed by atoms with Crippen LogP contribution in [-0.4, -0.2) is 13.0 Å². The van der Waals surface area contributed by atoms with E-state index in [1.165, 1.54) is 0 Å². The number of amides is 1. The van der Waals surface area contributed by atoms with Crippen LogP contribution in [0.25, 0.3) is 0 Å². The Morgan fingerprint density at radius 2 is 1.95 bits per heavy atom. The number of nitrogens with two attached hydrogens (primary N) is 1. The molecule has 0 fully saturated rings. The molecule has 0 aliphatic carbocycles. The van der Waals surface area contributed by atoms with E-state index in [2.05, 4.69) is 21.2 Å². The average molecular weight is 335 g/mol. The second-order valence-electron chi connectivity index (χ2n) is 4.26. The molecule has 104 valence electrons. The fourth-order valence-corrected chi connectivity index (χ4v) is 2.12. The van der Waals surface area contributed by atoms with E-state index in [1.54, 1.807) is 7.11 Å². The molecule has 0 unspecified atom stereocenters. The Balaban J connectivity index is 2.25. The maximum absolute atomic E-state index is 11.7. The van der Waals surface area contributed by atoms with Gasteiger partial charge in [-0.25, -0.2) is 0 Å². The summed E-state index contributed by atoms with van der Waals surface area (Å²) < 4.78 is 6.11. The summed E-state index contributed by atoms with van der Waals surface area (Å²) in [6, 6.07) is 14.2. The molecular formula is C15H15BrN2O2. The number of primary amides is 1. The fraction of sp³-hybridized carbons (Fsp3) is 0.133. The number of hydrogen-bond acceptors (Lipinski definition) is 3. The zero-order chi connectivity index (χ0) is 14.5. The Morgan fingerprint density at radius 3 is 2.55 bits per heavy atom. The predicted octanol–water partition coefficient (Wildman–Crippen LogP) is 3.10. The number of hydrogen-bond donors (Lipinski definition) is 2. The summed E-state index contributed by atoms with van der Waals surface area (Å²) in [5.41, 5.74) is 7.06. The molecule has 1 atom stereocenters. The quantitative estimate of drug-likeness (QED) is 0.883. The van der Waals surface area contributed by atoms with Crippen molar-refractivity contribution in [3.63, 3.8) is 0 Å². The van der Waals surface area contributed by atoms with Gasteiger partial charge in [0.25, 0.3) is 0 Å². The fourth-order valence-electron chi connectivity index (χ4n) is 1.85. The SMILES string of the molecule is COc1cccc(N[C@@H](C(N)=O)c2ccc(Br)cc2)c1. The topological polar surface area (TPSA) is 64.3 Å². The van der Waals surface area contributed by atoms with Crippen LogP contribution in [0.5, 0.6) is 5.75 Å². The molecule has 0 aliphatic heterocycles. The average Bonchev–Trinajstić information content (AvgIpc) is 2.46. The summed E-state index contributed by atoms with van der Waals surface area (Å²) in [4.78, 5) is 11.7. The zero-order valence-electron chi connectivity index (χ0n) is 11.0. The molecule has 0 heterocycles. The molecule has 0 bridgehead atoms. The van der Waals surface area contributed by atoms with E-state index in [4.69, 9.17) is 10.5 Å². The summed E-state index contributed by atoms with van der Waals surface area (Å²) in [7, 11) is 1.60. The van der Waals surface area contributed by atoms with Crippen molar-refractivity contribution in [1.82, 2.24) is 0 Å². The van der Waals surface area contributed by atoms with E-state index in [0.29, 0.717) is 5.75 Å². The van der Waals surface area contributed by atoms with Crippen LogP contribution in [0.4, 0.5) is 5.69 Å². The number of halogens is 1. The minimum absolute atomic E-state index is 0.435. The largest absolute Gasteiger partial charge is 0.497 e. The number of carbonyl (C=O) groups excluding carboxylic acids is 1. The monoisotopic (exact) mass is 334 g/mol. The second-order valence-corrected chi connectivity index (χ2v) is 5.18. The third-order valence-electron chi connectivity index (χ3n) is 2.87. The molecule has 4 nitrogen and oxygen atoms in total. The molecule has 1 amide bonds. The Labute approximate surface area is 126 Å². The first kappa shape index (κ1) is 14.4. The summed E-state index contributed by atoms with van der Waals surface area (Å²) in [6.45, 7) is 0. The second kappa shape index (κ2) is 6.43. The van der Waals surface area contributed by atoms with E-state index in [0.717, 1.165) is 15.7 Å². The Hall–Kier alpha value is -2.01. The minimum Gasteiger partial charge on any atom is -0.497 e. The van der Waals surface area contributed by atoms with Crippen molar-refractivity contribution < 1.29 is 9.53 Å². The van der Waals surface area contributed by atoms with Gasteiger partial charge >= 0.3 is 0 Å². The highest BCUT2D eigenvalue weighted by atomic mass is 79.9. The number of benzene rings is 2. The molecule has 0 saturated carbocycles. The van der Waals surface area contributed by atoms with Gasteiger partial charge in [0.2, 0.25) is 5.91 Å². The standard InChI is InChI=1S/C15H15BrN2O2/c1-20-13-4-2-3-12(9-13)18-14(15(17)19)10-5-7-11(16)8-6-10/h2-9,14,18H,1H3,(H2,17,19)/t14-/m1/s1. The van der Waals surface area contributed by atoms with Crippen LogP contribution in [0.15, 0.2) is 53.0 Å². The molecule has 2 aromatic carbocycles. The van der Waals surface area contributed by atoms with Crippen molar-refractivity contribution in [2.45, 2.75) is 6.04 Å². The number of anilines is 1. The van der Waals surface area contributed by atoms with Gasteiger partial charge in [-0.3, -0.25) is 4.79 Å². The number of nitrogens with one attached hydrogen (secondary N) is 1. The smallest absolute Gasteiger partial charge is 0.244 e. The summed E-state index contributed by atoms with van der Waals surface area (Å²) in [6.07, 6.45) is 0. The lowest BCUT2D eigenvalue weighted by Crippen LogP contribution is -2.27. The molecule has 0 spiro atoms. The van der Waals surface area contributed by atoms with Gasteiger partial charge in [0.05, 0.1) is 7.11 Å². The first-order valence-corrected chi connectivity index (χ1v) is 6.85. The van der Waals surface area contributed by atoms with Crippen LogP contribution >= 0.6 is 15.9 Å². The van der Waals surface area contributed by atoms with Crippen molar-refractivity contribution in [1.29, 1.82) is 0 Å². The van der Waals surface area contributed by atoms with E-state index in [-0.39, 0.29) is 0 Å². The lowest BCUT2D eigenvalue weighted by molar-refractivity contribution is -0.118. The summed E-state index contributed by atoms with van der Waals surface area (Å²) in [5.74, 6) is 0.282. The van der Waals surface area contributed by atoms with Gasteiger partial charge in [-0.15, -0.1) is 0 Å². The minimum atomic E-state index is -0.588. The van der Waals surface area contributed by atoms with Crippen LogP contribution in [-0.2, 0) is 4.79 Å². The Bertz CT molecular complexity index is 599. The van der Waals surface area contributed by atoms with Gasteiger partial charge in [-0.2, -0.15) is 0 Å². The molecule has 0 radical (unpaired) electrons. The first-order chi connectivity index (χ1) is 9.60. The van der Waals surface area contributed by atoms with Gasteiger partial charge in [0, 0.05) is 16.2 Å². The van der Waals surface area contributed by atoms with Gasteiger partial charge in [0.1, 0.15) is 11.8 Å². The van der Waals surface area contributed by atoms with Crippen LogP contribution in [0.1, 0.15) is 11.6 Å². The van der Waals surface area contributed by atoms with Gasteiger partial charge in [-0.1, -0.05) is 34.1 Å². The Kier molecular flexibility index (Phi) is 4.63. The molecule has 2 aromatic rings. The third kappa shape index (κ3) is 3.51. The van der Waals surface area contributed by atoms with Gasteiger partial charge in [-0.05, 0) is 29.8 Å². The molecule has 0 saturated heterocycles. The van der Waals surface area contributed by atoms with Crippen molar-refractivity contribution >= 4 is 27.5 Å². The lowest BCUT2D eigenvalue weighted by Gasteiger charge is -2.17. The number of rotatable bonds is 5. The molecule has 5 heteroatoms. The van der Waals surface area contributed by atoms with E-state index >= 15 is 0 Å². The first-order valence-electron chi connectivity index (χ1n) is 6.05. The number of ether oxygens (including phenoxy) is 1. The predicted molar refractivity (Wildman–Crippen MR) is 82.7 cm³/mol. The van der Waals surface area contributed by atoms with Crippen LogP contribution in [0.3, 0.4) is 0 Å². The van der Waals surface area contributed by atoms with Crippen LogP contribution < -0.4 is 15.8 Å². The molecular weight excluding hydrogens is 320 g/mol. The van der Waals surface area contributed by atoms with Crippen molar-refractivity contribution in [2.24, 2.45) is 5.73 Å². The maximum Gasteiger partial charge on any atom is 0.244 e. The van der Waals surface area contributed by atoms with Crippen molar-refractivity contribution in [3.8, 4) is 5.75 Å². The van der Waals surface area contributed by atoms with Crippen LogP contribution in [0.2, 0.25) is 0 Å². The highest BCUT2D eigenvalue weighted by molar-refractivity contribution is 9.10. The third-order valence-corrected chi connectivity index (χ3v) is 3.40. The van der Waals surface area contributed by atoms with Crippen molar-refractivity contribution in [2.75, 3.05) is 12.4 Å². The molecule has 2 rings (SSSR count).